The predicted octanol–water partition coefficient (Wildman–Crippen LogP) is 3.38. The number of hydrogen-bond donors (Lipinski definition) is 16. The van der Waals surface area contributed by atoms with Crippen LogP contribution >= 0.6 is 0 Å². The van der Waals surface area contributed by atoms with E-state index in [1.54, 1.807) is 0 Å². The summed E-state index contributed by atoms with van der Waals surface area (Å²) in [4.78, 5) is 0. The van der Waals surface area contributed by atoms with Gasteiger partial charge in [0.2, 0.25) is 0 Å². The number of rotatable bonds is 0. The third kappa shape index (κ3) is 10.9. The maximum Gasteiger partial charge on any atom is 0.0628 e. The van der Waals surface area contributed by atoms with Crippen molar-refractivity contribution >= 4 is 38.3 Å². The third-order valence-electron chi connectivity index (χ3n) is 27.6. The molecule has 16 bridgehead atoms. The molecule has 16 nitrogen and oxygen atoms in total. The Morgan fingerprint density at radius 1 is 0.122 bits per heavy atom. The average molecular weight is 1340 g/mol. The van der Waals surface area contributed by atoms with Crippen LogP contribution in [0.15, 0.2) is 0 Å². The van der Waals surface area contributed by atoms with Crippen molar-refractivity contribution in [1.82, 2.24) is 85.1 Å². The standard InChI is InChI=1S/2C32H56N8.H4Si.Tl/c2*1-2-10-18-17(9-1)25-33-26(18)38-28-21-13-5-6-14-22(21)30(35-28)40-32-24-16-8-7-15-23(24)31(36-32)39-29-20-12-4-3-11-19(20)27(34-29)37-25;;/h2*17-40H,1-16H2;1H4;. The Kier molecular flexibility index (Phi) is 18.2. The number of hydrogen-bond acceptors (Lipinski definition) is 16. The summed E-state index contributed by atoms with van der Waals surface area (Å²) >= 11 is 0. The quantitative estimate of drug-likeness (QED) is 0.158. The largest absolute Gasteiger partial charge is 0.286 e. The molecule has 18 fully saturated rings. The molecule has 0 amide bonds. The van der Waals surface area contributed by atoms with Crippen LogP contribution in [0.1, 0.15) is 205 Å². The maximum absolute atomic E-state index is 4.26. The third-order valence-corrected chi connectivity index (χ3v) is 27.6. The van der Waals surface area contributed by atoms with Gasteiger partial charge in [0.1, 0.15) is 0 Å². The summed E-state index contributed by atoms with van der Waals surface area (Å²) in [5.41, 5.74) is 0. The molecule has 18 aliphatic rings. The molecular weight excluding hydrogens is 1230 g/mol. The van der Waals surface area contributed by atoms with Crippen molar-refractivity contribution in [2.24, 2.45) is 94.7 Å². The fourth-order valence-corrected chi connectivity index (χ4v) is 23.9. The smallest absolute Gasteiger partial charge is 0.0628 e. The summed E-state index contributed by atoms with van der Waals surface area (Å²) in [6.07, 6.45) is 51.1. The van der Waals surface area contributed by atoms with Crippen LogP contribution in [0, 0.1) is 94.7 Å². The van der Waals surface area contributed by atoms with Gasteiger partial charge >= 0.3 is 0 Å². The van der Waals surface area contributed by atoms with E-state index in [9.17, 15) is 0 Å². The minimum atomic E-state index is 0. The van der Waals surface area contributed by atoms with E-state index in [-0.39, 0.29) is 38.3 Å². The number of fused-ring (bicyclic) bond motifs is 40. The molecule has 0 spiro atoms. The van der Waals surface area contributed by atoms with E-state index in [0.29, 0.717) is 98.7 Å². The Hall–Kier alpha value is 0.499. The van der Waals surface area contributed by atoms with Crippen LogP contribution in [0.25, 0.3) is 0 Å². The Labute approximate surface area is 518 Å². The first-order valence-corrected chi connectivity index (χ1v) is 35.8. The van der Waals surface area contributed by atoms with Crippen LogP contribution in [-0.4, -0.2) is 137 Å². The van der Waals surface area contributed by atoms with Gasteiger partial charge in [0.05, 0.1) is 98.7 Å². The molecule has 459 valence electrons. The molecule has 0 aromatic heterocycles. The predicted molar refractivity (Wildman–Crippen MR) is 331 cm³/mol. The van der Waals surface area contributed by atoms with Crippen molar-refractivity contribution in [3.05, 3.63) is 0 Å². The molecule has 16 unspecified atom stereocenters. The van der Waals surface area contributed by atoms with E-state index in [0.717, 1.165) is 94.7 Å². The molecular formula is C64H116N16SiTl. The molecule has 18 heteroatoms. The van der Waals surface area contributed by atoms with Crippen molar-refractivity contribution in [3.8, 4) is 0 Å². The van der Waals surface area contributed by atoms with Gasteiger partial charge in [-0.05, 0) is 208 Å². The SMILES string of the molecule is C1CCC2C3NC(NC4NC(NC5NC(NC6NC(N3)C3CCCCC63)C3CCCCC53)C3CCCCC43)C2C1.C1CCC2C3NC(NC4NC(NC5NC(NC6NC(N3)C3CCCCC63)C3CCCCC53)C3CCCCC43)C2C1.[SiH4].[Tl]. The van der Waals surface area contributed by atoms with Crippen LogP contribution in [0.5, 0.6) is 0 Å². The van der Waals surface area contributed by atoms with Crippen LogP contribution in [0.3, 0.4) is 0 Å². The normalized spacial score (nSPS) is 56.2. The minimum absolute atomic E-state index is 0. The van der Waals surface area contributed by atoms with Crippen molar-refractivity contribution in [1.29, 1.82) is 0 Å². The van der Waals surface area contributed by atoms with Gasteiger partial charge in [0.25, 0.3) is 0 Å². The van der Waals surface area contributed by atoms with Gasteiger partial charge in [0, 0.05) is 27.3 Å². The van der Waals surface area contributed by atoms with Crippen LogP contribution in [0.2, 0.25) is 0 Å². The van der Waals surface area contributed by atoms with Gasteiger partial charge in [-0.15, -0.1) is 0 Å². The zero-order valence-corrected chi connectivity index (χ0v) is 54.2. The zero-order valence-electron chi connectivity index (χ0n) is 49.7. The summed E-state index contributed by atoms with van der Waals surface area (Å²) in [6.45, 7) is 0. The van der Waals surface area contributed by atoms with Crippen molar-refractivity contribution in [2.75, 3.05) is 0 Å². The molecule has 82 heavy (non-hydrogen) atoms. The van der Waals surface area contributed by atoms with E-state index >= 15 is 0 Å². The van der Waals surface area contributed by atoms with E-state index in [2.05, 4.69) is 85.1 Å². The fourth-order valence-electron chi connectivity index (χ4n) is 23.9. The number of nitrogens with one attached hydrogen (secondary N) is 16. The monoisotopic (exact) mass is 1340 g/mol. The Balaban J connectivity index is 0.000000137. The molecule has 16 atom stereocenters. The minimum Gasteiger partial charge on any atom is -0.286 e. The van der Waals surface area contributed by atoms with Gasteiger partial charge in [-0.2, -0.15) is 0 Å². The van der Waals surface area contributed by atoms with E-state index in [4.69, 9.17) is 0 Å². The molecule has 10 heterocycles. The maximum atomic E-state index is 4.26. The second-order valence-corrected chi connectivity index (χ2v) is 31.2. The van der Waals surface area contributed by atoms with Crippen LogP contribution < -0.4 is 85.1 Å². The van der Waals surface area contributed by atoms with E-state index in [1.807, 2.05) is 0 Å². The van der Waals surface area contributed by atoms with Gasteiger partial charge in [-0.25, -0.2) is 0 Å². The van der Waals surface area contributed by atoms with Gasteiger partial charge < -0.3 is 0 Å². The van der Waals surface area contributed by atoms with Gasteiger partial charge in [-0.3, -0.25) is 85.1 Å². The Morgan fingerprint density at radius 2 is 0.183 bits per heavy atom. The molecule has 1 radical (unpaired) electrons. The first kappa shape index (κ1) is 58.8. The molecule has 10 aliphatic heterocycles. The first-order chi connectivity index (χ1) is 39.6. The summed E-state index contributed by atoms with van der Waals surface area (Å²) in [5.74, 6) is 11.9. The second-order valence-electron chi connectivity index (χ2n) is 31.2. The summed E-state index contributed by atoms with van der Waals surface area (Å²) in [5, 5.41) is 67.6. The second kappa shape index (κ2) is 25.3. The van der Waals surface area contributed by atoms with Crippen LogP contribution in [0.4, 0.5) is 0 Å². The molecule has 18 rings (SSSR count). The molecule has 16 N–H and O–H groups in total. The molecule has 8 saturated carbocycles. The van der Waals surface area contributed by atoms with Gasteiger partial charge in [0.15, 0.2) is 0 Å². The molecule has 0 aromatic rings. The van der Waals surface area contributed by atoms with Crippen molar-refractivity contribution in [3.63, 3.8) is 0 Å². The van der Waals surface area contributed by atoms with Gasteiger partial charge in [-0.1, -0.05) is 103 Å². The Morgan fingerprint density at radius 3 is 0.244 bits per heavy atom. The van der Waals surface area contributed by atoms with Crippen molar-refractivity contribution in [2.45, 2.75) is 304 Å². The first-order valence-electron chi connectivity index (χ1n) is 35.8. The molecule has 10 saturated heterocycles. The van der Waals surface area contributed by atoms with E-state index < -0.39 is 0 Å². The topological polar surface area (TPSA) is 192 Å². The molecule has 0 aromatic carbocycles. The summed E-state index contributed by atoms with van der Waals surface area (Å²) in [6, 6.07) is 0. The van der Waals surface area contributed by atoms with Crippen molar-refractivity contribution < 1.29 is 0 Å². The summed E-state index contributed by atoms with van der Waals surface area (Å²) < 4.78 is 0. The van der Waals surface area contributed by atoms with E-state index in [1.165, 1.54) is 205 Å². The average Bonchev–Trinajstić information content (AvgIpc) is 4.52. The summed E-state index contributed by atoms with van der Waals surface area (Å²) in [7, 11) is 0. The fraction of sp³-hybridized carbons (Fsp3) is 1.00. The zero-order chi connectivity index (χ0) is 52.4. The molecule has 8 aliphatic carbocycles. The van der Waals surface area contributed by atoms with Crippen LogP contribution in [-0.2, 0) is 0 Å². The Bertz CT molecular complexity index is 1580.